The van der Waals surface area contributed by atoms with Gasteiger partial charge in [0.2, 0.25) is 0 Å². The number of pyridine rings is 1. The largest absolute Gasteiger partial charge is 0.369 e. The molecule has 0 unspecified atom stereocenters. The van der Waals surface area contributed by atoms with Gasteiger partial charge in [0.05, 0.1) is 17.1 Å². The Morgan fingerprint density at radius 2 is 2.05 bits per heavy atom. The zero-order valence-electron chi connectivity index (χ0n) is 11.3. The fourth-order valence-electron chi connectivity index (χ4n) is 1.91. The quantitative estimate of drug-likeness (QED) is 0.805. The Bertz CT molecular complexity index is 599. The average molecular weight is 254 g/mol. The van der Waals surface area contributed by atoms with Crippen molar-refractivity contribution < 1.29 is 0 Å². The SMILES string of the molecule is CC(C)NCCNc1cc(C#N)c2ccccc2n1. The van der Waals surface area contributed by atoms with E-state index in [1.54, 1.807) is 6.07 Å². The molecule has 98 valence electrons. The van der Waals surface area contributed by atoms with Crippen molar-refractivity contribution in [2.24, 2.45) is 0 Å². The standard InChI is InChI=1S/C15H18N4/c1-11(2)17-7-8-18-15-9-12(10-16)13-5-3-4-6-14(13)19-15/h3-6,9,11,17H,7-8H2,1-2H3,(H,18,19). The van der Waals surface area contributed by atoms with Crippen LogP contribution in [0, 0.1) is 11.3 Å². The van der Waals surface area contributed by atoms with Crippen molar-refractivity contribution in [1.29, 1.82) is 5.26 Å². The van der Waals surface area contributed by atoms with Crippen molar-refractivity contribution in [3.8, 4) is 6.07 Å². The lowest BCUT2D eigenvalue weighted by atomic mass is 10.1. The van der Waals surface area contributed by atoms with Crippen molar-refractivity contribution in [2.75, 3.05) is 18.4 Å². The van der Waals surface area contributed by atoms with Crippen LogP contribution in [0.3, 0.4) is 0 Å². The Hall–Kier alpha value is -2.12. The average Bonchev–Trinajstić information content (AvgIpc) is 2.42. The lowest BCUT2D eigenvalue weighted by Crippen LogP contribution is -2.28. The van der Waals surface area contributed by atoms with Crippen LogP contribution in [0.1, 0.15) is 19.4 Å². The number of rotatable bonds is 5. The van der Waals surface area contributed by atoms with Crippen LogP contribution in [-0.2, 0) is 0 Å². The molecule has 0 spiro atoms. The van der Waals surface area contributed by atoms with Crippen molar-refractivity contribution >= 4 is 16.7 Å². The molecular weight excluding hydrogens is 236 g/mol. The second kappa shape index (κ2) is 6.17. The predicted molar refractivity (Wildman–Crippen MR) is 78.1 cm³/mol. The van der Waals surface area contributed by atoms with Crippen LogP contribution < -0.4 is 10.6 Å². The van der Waals surface area contributed by atoms with Gasteiger partial charge in [0.15, 0.2) is 0 Å². The molecule has 0 aliphatic carbocycles. The van der Waals surface area contributed by atoms with Gasteiger partial charge in [0.25, 0.3) is 0 Å². The van der Waals surface area contributed by atoms with E-state index in [1.165, 1.54) is 0 Å². The van der Waals surface area contributed by atoms with Gasteiger partial charge in [0, 0.05) is 24.5 Å². The van der Waals surface area contributed by atoms with Crippen LogP contribution in [0.4, 0.5) is 5.82 Å². The zero-order chi connectivity index (χ0) is 13.7. The molecule has 1 aromatic carbocycles. The normalized spacial score (nSPS) is 10.6. The minimum absolute atomic E-state index is 0.473. The first kappa shape index (κ1) is 13.3. The molecule has 0 atom stereocenters. The molecule has 4 nitrogen and oxygen atoms in total. The molecule has 0 aliphatic heterocycles. The maximum absolute atomic E-state index is 9.19. The highest BCUT2D eigenvalue weighted by Gasteiger charge is 2.04. The molecule has 0 fully saturated rings. The Labute approximate surface area is 113 Å². The summed E-state index contributed by atoms with van der Waals surface area (Å²) in [5.41, 5.74) is 1.51. The van der Waals surface area contributed by atoms with Crippen molar-refractivity contribution in [3.63, 3.8) is 0 Å². The van der Waals surface area contributed by atoms with Crippen molar-refractivity contribution in [2.45, 2.75) is 19.9 Å². The molecule has 2 aromatic rings. The molecule has 2 rings (SSSR count). The highest BCUT2D eigenvalue weighted by molar-refractivity contribution is 5.86. The maximum atomic E-state index is 9.19. The highest BCUT2D eigenvalue weighted by Crippen LogP contribution is 2.19. The maximum Gasteiger partial charge on any atom is 0.128 e. The summed E-state index contributed by atoms with van der Waals surface area (Å²) in [4.78, 5) is 4.51. The zero-order valence-corrected chi connectivity index (χ0v) is 11.3. The number of benzene rings is 1. The summed E-state index contributed by atoms with van der Waals surface area (Å²) in [6, 6.07) is 12.2. The first-order valence-electron chi connectivity index (χ1n) is 6.48. The second-order valence-corrected chi connectivity index (χ2v) is 4.72. The monoisotopic (exact) mass is 254 g/mol. The van der Waals surface area contributed by atoms with Crippen LogP contribution in [0.2, 0.25) is 0 Å². The van der Waals surface area contributed by atoms with Gasteiger partial charge in [-0.05, 0) is 12.1 Å². The van der Waals surface area contributed by atoms with Crippen LogP contribution in [-0.4, -0.2) is 24.1 Å². The van der Waals surface area contributed by atoms with Gasteiger partial charge in [-0.2, -0.15) is 5.26 Å². The van der Waals surface area contributed by atoms with Gasteiger partial charge in [-0.1, -0.05) is 32.0 Å². The van der Waals surface area contributed by atoms with E-state index < -0.39 is 0 Å². The highest BCUT2D eigenvalue weighted by atomic mass is 15.0. The second-order valence-electron chi connectivity index (χ2n) is 4.72. The third kappa shape index (κ3) is 3.43. The molecule has 2 N–H and O–H groups in total. The Kier molecular flexibility index (Phi) is 4.32. The van der Waals surface area contributed by atoms with E-state index >= 15 is 0 Å². The van der Waals surface area contributed by atoms with E-state index in [4.69, 9.17) is 0 Å². The molecule has 0 saturated heterocycles. The summed E-state index contributed by atoms with van der Waals surface area (Å²) in [5, 5.41) is 16.7. The number of fused-ring (bicyclic) bond motifs is 1. The van der Waals surface area contributed by atoms with Crippen LogP contribution in [0.25, 0.3) is 10.9 Å². The van der Waals surface area contributed by atoms with Gasteiger partial charge in [-0.25, -0.2) is 4.98 Å². The molecule has 0 saturated carbocycles. The minimum atomic E-state index is 0.473. The number of hydrogen-bond acceptors (Lipinski definition) is 4. The van der Waals surface area contributed by atoms with Crippen molar-refractivity contribution in [3.05, 3.63) is 35.9 Å². The molecular formula is C15H18N4. The topological polar surface area (TPSA) is 60.7 Å². The third-order valence-electron chi connectivity index (χ3n) is 2.82. The van der Waals surface area contributed by atoms with Crippen LogP contribution >= 0.6 is 0 Å². The summed E-state index contributed by atoms with van der Waals surface area (Å²) in [6.45, 7) is 5.88. The molecule has 0 aliphatic rings. The minimum Gasteiger partial charge on any atom is -0.369 e. The first-order valence-corrected chi connectivity index (χ1v) is 6.48. The summed E-state index contributed by atoms with van der Waals surface area (Å²) in [5.74, 6) is 0.751. The predicted octanol–water partition coefficient (Wildman–Crippen LogP) is 2.52. The van der Waals surface area contributed by atoms with E-state index in [0.717, 1.165) is 29.8 Å². The molecule has 0 amide bonds. The lowest BCUT2D eigenvalue weighted by molar-refractivity contribution is 0.602. The molecule has 0 radical (unpaired) electrons. The summed E-state index contributed by atoms with van der Waals surface area (Å²) in [6.07, 6.45) is 0. The Balaban J connectivity index is 2.14. The number of aromatic nitrogens is 1. The fraction of sp³-hybridized carbons (Fsp3) is 0.333. The van der Waals surface area contributed by atoms with Gasteiger partial charge in [0.1, 0.15) is 5.82 Å². The number of nitriles is 1. The number of hydrogen-bond donors (Lipinski definition) is 2. The van der Waals surface area contributed by atoms with Crippen LogP contribution in [0.15, 0.2) is 30.3 Å². The van der Waals surface area contributed by atoms with Crippen molar-refractivity contribution in [1.82, 2.24) is 10.3 Å². The third-order valence-corrected chi connectivity index (χ3v) is 2.82. The van der Waals surface area contributed by atoms with E-state index in [2.05, 4.69) is 35.5 Å². The lowest BCUT2D eigenvalue weighted by Gasteiger charge is -2.10. The summed E-state index contributed by atoms with van der Waals surface area (Å²) >= 11 is 0. The van der Waals surface area contributed by atoms with Gasteiger partial charge in [-0.15, -0.1) is 0 Å². The summed E-state index contributed by atoms with van der Waals surface area (Å²) < 4.78 is 0. The Morgan fingerprint density at radius 3 is 2.79 bits per heavy atom. The fourth-order valence-corrected chi connectivity index (χ4v) is 1.91. The first-order chi connectivity index (χ1) is 9.20. The van der Waals surface area contributed by atoms with E-state index in [0.29, 0.717) is 11.6 Å². The number of nitrogens with zero attached hydrogens (tertiary/aromatic N) is 2. The molecule has 19 heavy (non-hydrogen) atoms. The smallest absolute Gasteiger partial charge is 0.128 e. The number of para-hydroxylation sites is 1. The van der Waals surface area contributed by atoms with Gasteiger partial charge in [-0.3, -0.25) is 0 Å². The molecule has 1 heterocycles. The molecule has 1 aromatic heterocycles. The Morgan fingerprint density at radius 1 is 1.26 bits per heavy atom. The van der Waals surface area contributed by atoms with Crippen LogP contribution in [0.5, 0.6) is 0 Å². The number of anilines is 1. The van der Waals surface area contributed by atoms with Gasteiger partial charge >= 0.3 is 0 Å². The molecule has 4 heteroatoms. The van der Waals surface area contributed by atoms with Gasteiger partial charge < -0.3 is 10.6 Å². The van der Waals surface area contributed by atoms with E-state index in [9.17, 15) is 5.26 Å². The number of nitrogens with one attached hydrogen (secondary N) is 2. The van der Waals surface area contributed by atoms with E-state index in [1.807, 2.05) is 24.3 Å². The van der Waals surface area contributed by atoms with E-state index in [-0.39, 0.29) is 0 Å². The summed E-state index contributed by atoms with van der Waals surface area (Å²) in [7, 11) is 0. The molecule has 0 bridgehead atoms.